The van der Waals surface area contributed by atoms with Crippen LogP contribution < -0.4 is 4.90 Å². The van der Waals surface area contributed by atoms with E-state index in [1.165, 1.54) is 0 Å². The fourth-order valence-corrected chi connectivity index (χ4v) is 4.14. The third-order valence-corrected chi connectivity index (χ3v) is 5.64. The Balaban J connectivity index is 1.51. The molecule has 2 aliphatic rings. The summed E-state index contributed by atoms with van der Waals surface area (Å²) < 4.78 is 19.1. The first-order valence-electron chi connectivity index (χ1n) is 10.0. The molecule has 29 heavy (non-hydrogen) atoms. The quantitative estimate of drug-likeness (QED) is 0.679. The van der Waals surface area contributed by atoms with Crippen LogP contribution in [0.3, 0.4) is 0 Å². The zero-order valence-corrected chi connectivity index (χ0v) is 17.7. The number of alkyl halides is 1. The molecule has 1 atom stereocenters. The topological polar surface area (TPSA) is 58.6 Å². The number of fused-ring (bicyclic) bond motifs is 1. The lowest BCUT2D eigenvalue weighted by Gasteiger charge is -2.43. The minimum Gasteiger partial charge on any atom is -0.444 e. The van der Waals surface area contributed by atoms with Gasteiger partial charge in [0.25, 0.3) is 0 Å². The van der Waals surface area contributed by atoms with E-state index >= 15 is 0 Å². The third-order valence-electron chi connectivity index (χ3n) is 5.43. The van der Waals surface area contributed by atoms with Crippen molar-refractivity contribution in [2.24, 2.45) is 0 Å². The van der Waals surface area contributed by atoms with E-state index in [9.17, 15) is 9.18 Å². The molecule has 2 aromatic rings. The molecule has 2 aromatic heterocycles. The summed E-state index contributed by atoms with van der Waals surface area (Å²) in [7, 11) is 0. The second-order valence-corrected chi connectivity index (χ2v) is 9.23. The number of amides is 1. The molecule has 1 saturated heterocycles. The number of rotatable bonds is 3. The van der Waals surface area contributed by atoms with Gasteiger partial charge in [-0.15, -0.1) is 0 Å². The molecule has 1 aliphatic carbocycles. The summed E-state index contributed by atoms with van der Waals surface area (Å²) in [5.41, 5.74) is 0.940. The standard InChI is InChI=1S/C21H26ClFN4O2/c1-21(2,3)29-20(28)27(15-10-13(23)11-15)14-8-9-26(12-14)19-7-5-16-17(25-19)4-6-18(22)24-16/h4-7,13-15H,8-12H2,1-3H3/t13-,14?,15+. The molecule has 1 unspecified atom stereocenters. The number of halogens is 2. The zero-order chi connectivity index (χ0) is 20.8. The fraction of sp³-hybridized carbons (Fsp3) is 0.571. The Morgan fingerprint density at radius 2 is 1.86 bits per heavy atom. The van der Waals surface area contributed by atoms with Crippen molar-refractivity contribution in [1.82, 2.24) is 14.9 Å². The molecule has 0 spiro atoms. The molecule has 0 radical (unpaired) electrons. The van der Waals surface area contributed by atoms with Crippen LogP contribution in [0.1, 0.15) is 40.0 Å². The Kier molecular flexibility index (Phi) is 5.27. The predicted octanol–water partition coefficient (Wildman–Crippen LogP) is 4.60. The van der Waals surface area contributed by atoms with Crippen molar-refractivity contribution in [3.8, 4) is 0 Å². The second kappa shape index (κ2) is 7.59. The SMILES string of the molecule is CC(C)(C)OC(=O)N(C1CCN(c2ccc3nc(Cl)ccc3n2)C1)[C@H]1C[C@@H](F)C1. The second-order valence-electron chi connectivity index (χ2n) is 8.84. The molecule has 156 valence electrons. The first-order chi connectivity index (χ1) is 13.7. The largest absolute Gasteiger partial charge is 0.444 e. The first-order valence-corrected chi connectivity index (χ1v) is 10.4. The van der Waals surface area contributed by atoms with Gasteiger partial charge in [0.2, 0.25) is 0 Å². The van der Waals surface area contributed by atoms with Crippen LogP contribution in [0.25, 0.3) is 11.0 Å². The molecule has 1 saturated carbocycles. The van der Waals surface area contributed by atoms with Crippen molar-refractivity contribution in [2.75, 3.05) is 18.0 Å². The highest BCUT2D eigenvalue weighted by atomic mass is 35.5. The first kappa shape index (κ1) is 20.1. The predicted molar refractivity (Wildman–Crippen MR) is 111 cm³/mol. The molecule has 8 heteroatoms. The number of ether oxygens (including phenoxy) is 1. The Bertz CT molecular complexity index is 913. The van der Waals surface area contributed by atoms with Crippen molar-refractivity contribution in [3.63, 3.8) is 0 Å². The van der Waals surface area contributed by atoms with E-state index in [1.54, 1.807) is 11.0 Å². The van der Waals surface area contributed by atoms with Crippen LogP contribution >= 0.6 is 11.6 Å². The highest BCUT2D eigenvalue weighted by Gasteiger charge is 2.43. The van der Waals surface area contributed by atoms with Crippen LogP contribution in [0.5, 0.6) is 0 Å². The van der Waals surface area contributed by atoms with Crippen LogP contribution in [0.2, 0.25) is 5.15 Å². The maximum absolute atomic E-state index is 13.5. The van der Waals surface area contributed by atoms with Gasteiger partial charge in [0.1, 0.15) is 22.7 Å². The van der Waals surface area contributed by atoms with Gasteiger partial charge in [-0.05, 0) is 64.3 Å². The van der Waals surface area contributed by atoms with E-state index < -0.39 is 11.8 Å². The van der Waals surface area contributed by atoms with Crippen LogP contribution in [0, 0.1) is 0 Å². The van der Waals surface area contributed by atoms with Crippen molar-refractivity contribution in [2.45, 2.75) is 63.9 Å². The van der Waals surface area contributed by atoms with E-state index in [-0.39, 0.29) is 18.2 Å². The maximum atomic E-state index is 13.5. The molecular weight excluding hydrogens is 395 g/mol. The van der Waals surface area contributed by atoms with E-state index in [0.717, 1.165) is 29.8 Å². The minimum absolute atomic E-state index is 0.0248. The Hall–Kier alpha value is -2.15. The average molecular weight is 421 g/mol. The van der Waals surface area contributed by atoms with Gasteiger partial charge in [-0.2, -0.15) is 0 Å². The highest BCUT2D eigenvalue weighted by Crippen LogP contribution is 2.34. The number of anilines is 1. The number of aromatic nitrogens is 2. The van der Waals surface area contributed by atoms with E-state index in [4.69, 9.17) is 21.3 Å². The van der Waals surface area contributed by atoms with Gasteiger partial charge in [-0.25, -0.2) is 19.2 Å². The zero-order valence-electron chi connectivity index (χ0n) is 16.9. The van der Waals surface area contributed by atoms with Gasteiger partial charge >= 0.3 is 6.09 Å². The van der Waals surface area contributed by atoms with Crippen molar-refractivity contribution >= 4 is 34.5 Å². The van der Waals surface area contributed by atoms with Crippen molar-refractivity contribution in [1.29, 1.82) is 0 Å². The lowest BCUT2D eigenvalue weighted by molar-refractivity contribution is -0.0177. The number of hydrogen-bond acceptors (Lipinski definition) is 5. The molecule has 1 aliphatic heterocycles. The fourth-order valence-electron chi connectivity index (χ4n) is 3.99. The minimum atomic E-state index is -0.830. The van der Waals surface area contributed by atoms with Crippen LogP contribution in [-0.2, 0) is 4.74 Å². The summed E-state index contributed by atoms with van der Waals surface area (Å²) in [4.78, 5) is 25.8. The smallest absolute Gasteiger partial charge is 0.410 e. The molecule has 0 bridgehead atoms. The monoisotopic (exact) mass is 420 g/mol. The van der Waals surface area contributed by atoms with Gasteiger partial charge in [-0.1, -0.05) is 11.6 Å². The molecule has 2 fully saturated rings. The maximum Gasteiger partial charge on any atom is 0.410 e. The van der Waals surface area contributed by atoms with Gasteiger partial charge in [0.05, 0.1) is 17.1 Å². The third kappa shape index (κ3) is 4.39. The number of carbonyl (C=O) groups is 1. The number of pyridine rings is 2. The van der Waals surface area contributed by atoms with Crippen LogP contribution in [-0.4, -0.2) is 57.9 Å². The summed E-state index contributed by atoms with van der Waals surface area (Å²) in [6.45, 7) is 6.97. The molecule has 1 amide bonds. The average Bonchev–Trinajstić information content (AvgIpc) is 3.08. The summed E-state index contributed by atoms with van der Waals surface area (Å²) in [6, 6.07) is 7.28. The van der Waals surface area contributed by atoms with Crippen LogP contribution in [0.15, 0.2) is 24.3 Å². The normalized spacial score (nSPS) is 24.4. The summed E-state index contributed by atoms with van der Waals surface area (Å²) in [5.74, 6) is 0.838. The van der Waals surface area contributed by atoms with E-state index in [2.05, 4.69) is 9.88 Å². The molecule has 0 N–H and O–H groups in total. The Labute approximate surface area is 175 Å². The number of carbonyl (C=O) groups excluding carboxylic acids is 1. The molecule has 4 rings (SSSR count). The van der Waals surface area contributed by atoms with Crippen molar-refractivity contribution < 1.29 is 13.9 Å². The summed E-state index contributed by atoms with van der Waals surface area (Å²) in [6.07, 6.45) is 0.383. The lowest BCUT2D eigenvalue weighted by atomic mass is 9.88. The number of hydrogen-bond donors (Lipinski definition) is 0. The van der Waals surface area contributed by atoms with E-state index in [0.29, 0.717) is 24.5 Å². The Morgan fingerprint density at radius 1 is 1.17 bits per heavy atom. The van der Waals surface area contributed by atoms with Gasteiger partial charge in [-0.3, -0.25) is 0 Å². The molecule has 6 nitrogen and oxygen atoms in total. The van der Waals surface area contributed by atoms with Crippen molar-refractivity contribution in [3.05, 3.63) is 29.4 Å². The summed E-state index contributed by atoms with van der Waals surface area (Å²) >= 11 is 5.95. The van der Waals surface area contributed by atoms with Gasteiger partial charge in [0.15, 0.2) is 0 Å². The summed E-state index contributed by atoms with van der Waals surface area (Å²) in [5, 5.41) is 0.438. The Morgan fingerprint density at radius 3 is 2.55 bits per heavy atom. The van der Waals surface area contributed by atoms with E-state index in [1.807, 2.05) is 39.0 Å². The molecular formula is C21H26ClFN4O2. The highest BCUT2D eigenvalue weighted by molar-refractivity contribution is 6.29. The molecule has 0 aromatic carbocycles. The molecule has 3 heterocycles. The van der Waals surface area contributed by atoms with Crippen LogP contribution in [0.4, 0.5) is 15.0 Å². The lowest BCUT2D eigenvalue weighted by Crippen LogP contribution is -2.55. The van der Waals surface area contributed by atoms with Gasteiger partial charge < -0.3 is 14.5 Å². The van der Waals surface area contributed by atoms with Gasteiger partial charge in [0, 0.05) is 19.1 Å². The number of nitrogens with zero attached hydrogens (tertiary/aromatic N) is 4.